The van der Waals surface area contributed by atoms with Gasteiger partial charge in [-0.25, -0.2) is 14.2 Å². The topological polar surface area (TPSA) is 128 Å². The number of aromatic nitrogens is 4. The number of hydrogen-bond acceptors (Lipinski definition) is 6. The number of nitrogens with zero attached hydrogens (tertiary/aromatic N) is 4. The number of nitrogens with one attached hydrogen (secondary N) is 1. The number of hydrogen-bond donors (Lipinski definition) is 3. The SMILES string of the molecule is Cc1cc(C(N)=O)c(F)cc1Nc1ncc2c(n1)n(C13CC4CC(C1)C(C)(O)C(C4)C3)c(=O)n2C. The second kappa shape index (κ2) is 7.13. The third kappa shape index (κ3) is 3.08. The van der Waals surface area contributed by atoms with Crippen molar-refractivity contribution in [3.8, 4) is 0 Å². The summed E-state index contributed by atoms with van der Waals surface area (Å²) in [7, 11) is 1.72. The van der Waals surface area contributed by atoms with Gasteiger partial charge in [-0.15, -0.1) is 0 Å². The van der Waals surface area contributed by atoms with Crippen LogP contribution in [0.2, 0.25) is 0 Å². The fraction of sp³-hybridized carbons (Fsp3) is 0.520. The van der Waals surface area contributed by atoms with Crippen LogP contribution in [0.4, 0.5) is 16.0 Å². The Bertz CT molecular complexity index is 1440. The summed E-state index contributed by atoms with van der Waals surface area (Å²) >= 11 is 0. The Kier molecular flexibility index (Phi) is 4.52. The van der Waals surface area contributed by atoms with Gasteiger partial charge in [-0.2, -0.15) is 4.98 Å². The van der Waals surface area contributed by atoms with E-state index < -0.39 is 17.3 Å². The fourth-order valence-corrected chi connectivity index (χ4v) is 7.16. The van der Waals surface area contributed by atoms with E-state index in [1.54, 1.807) is 24.7 Å². The molecule has 1 amide bonds. The van der Waals surface area contributed by atoms with Crippen LogP contribution in [-0.2, 0) is 12.6 Å². The van der Waals surface area contributed by atoms with E-state index in [1.165, 1.54) is 12.1 Å². The number of aliphatic hydroxyl groups is 1. The van der Waals surface area contributed by atoms with Gasteiger partial charge >= 0.3 is 5.69 Å². The molecular weight excluding hydrogens is 451 g/mol. The van der Waals surface area contributed by atoms with Crippen molar-refractivity contribution in [1.29, 1.82) is 0 Å². The second-order valence-electron chi connectivity index (χ2n) is 11.0. The lowest BCUT2D eigenvalue weighted by Crippen LogP contribution is -2.64. The maximum atomic E-state index is 14.4. The predicted octanol–water partition coefficient (Wildman–Crippen LogP) is 2.71. The summed E-state index contributed by atoms with van der Waals surface area (Å²) < 4.78 is 17.8. The number of benzene rings is 1. The number of amides is 1. The average molecular weight is 481 g/mol. The Morgan fingerprint density at radius 1 is 1.26 bits per heavy atom. The Labute approximate surface area is 201 Å². The first-order chi connectivity index (χ1) is 16.5. The Morgan fingerprint density at radius 2 is 1.94 bits per heavy atom. The van der Waals surface area contributed by atoms with Crippen molar-refractivity contribution in [3.05, 3.63) is 45.8 Å². The van der Waals surface area contributed by atoms with E-state index in [9.17, 15) is 19.1 Å². The molecule has 2 atom stereocenters. The molecule has 9 nitrogen and oxygen atoms in total. The normalized spacial score (nSPS) is 31.3. The van der Waals surface area contributed by atoms with Gasteiger partial charge in [0.2, 0.25) is 5.95 Å². The quantitative estimate of drug-likeness (QED) is 0.527. The number of carbonyl (C=O) groups excluding carboxylic acids is 1. The standard InChI is InChI=1S/C25H29FN6O3/c1-12-4-16(20(27)33)17(26)7-18(12)29-22-28-11-19-21(30-22)32(23(34)31(19)3)25-8-13-5-14(9-25)24(2,35)15(6-13)10-25/h4,7,11,13-15,35H,5-6,8-10H2,1-3H3,(H2,27,33)(H,28,29,30). The average Bonchev–Trinajstić information content (AvgIpc) is 3.04. The molecule has 0 radical (unpaired) electrons. The van der Waals surface area contributed by atoms with Gasteiger partial charge < -0.3 is 16.2 Å². The Morgan fingerprint density at radius 3 is 2.60 bits per heavy atom. The van der Waals surface area contributed by atoms with Gasteiger partial charge in [0.25, 0.3) is 5.91 Å². The highest BCUT2D eigenvalue weighted by atomic mass is 19.1. The lowest BCUT2D eigenvalue weighted by molar-refractivity contribution is -0.185. The minimum Gasteiger partial charge on any atom is -0.390 e. The zero-order valence-corrected chi connectivity index (χ0v) is 20.0. The fourth-order valence-electron chi connectivity index (χ4n) is 7.16. The van der Waals surface area contributed by atoms with Crippen LogP contribution in [0.15, 0.2) is 23.1 Å². The molecule has 4 bridgehead atoms. The van der Waals surface area contributed by atoms with Gasteiger partial charge in [0, 0.05) is 12.7 Å². The number of primary amides is 1. The van der Waals surface area contributed by atoms with Crippen molar-refractivity contribution >= 4 is 28.7 Å². The molecule has 4 saturated carbocycles. The van der Waals surface area contributed by atoms with E-state index in [-0.39, 0.29) is 34.6 Å². The first-order valence-corrected chi connectivity index (χ1v) is 12.0. The van der Waals surface area contributed by atoms with E-state index in [0.717, 1.165) is 32.1 Å². The number of carbonyl (C=O) groups is 1. The number of rotatable bonds is 4. The van der Waals surface area contributed by atoms with Gasteiger partial charge in [0.1, 0.15) is 11.3 Å². The third-order valence-electron chi connectivity index (χ3n) is 8.91. The van der Waals surface area contributed by atoms with Gasteiger partial charge in [0.05, 0.1) is 22.9 Å². The summed E-state index contributed by atoms with van der Waals surface area (Å²) in [6, 6.07) is 2.58. The van der Waals surface area contributed by atoms with E-state index in [4.69, 9.17) is 10.7 Å². The summed E-state index contributed by atoms with van der Waals surface area (Å²) in [5.41, 5.74) is 6.01. The van der Waals surface area contributed by atoms with Crippen LogP contribution in [0.3, 0.4) is 0 Å². The van der Waals surface area contributed by atoms with Crippen molar-refractivity contribution in [2.45, 2.75) is 57.1 Å². The molecule has 0 spiro atoms. The van der Waals surface area contributed by atoms with Crippen molar-refractivity contribution in [1.82, 2.24) is 19.1 Å². The van der Waals surface area contributed by atoms with Crippen LogP contribution < -0.4 is 16.7 Å². The summed E-state index contributed by atoms with van der Waals surface area (Å²) in [6.45, 7) is 3.68. The molecule has 3 aromatic rings. The molecule has 1 aromatic carbocycles. The molecule has 2 unspecified atom stereocenters. The number of halogens is 1. The summed E-state index contributed by atoms with van der Waals surface area (Å²) in [6.07, 6.45) is 6.00. The zero-order chi connectivity index (χ0) is 24.9. The van der Waals surface area contributed by atoms with E-state index in [1.807, 2.05) is 11.5 Å². The highest BCUT2D eigenvalue weighted by Gasteiger charge is 2.61. The molecule has 2 heterocycles. The van der Waals surface area contributed by atoms with Crippen molar-refractivity contribution in [2.24, 2.45) is 30.5 Å². The monoisotopic (exact) mass is 480 g/mol. The van der Waals surface area contributed by atoms with E-state index in [0.29, 0.717) is 28.3 Å². The molecule has 10 heteroatoms. The van der Waals surface area contributed by atoms with Crippen LogP contribution >= 0.6 is 0 Å². The minimum atomic E-state index is -0.835. The Hall–Kier alpha value is -3.27. The number of anilines is 2. The predicted molar refractivity (Wildman–Crippen MR) is 128 cm³/mol. The second-order valence-corrected chi connectivity index (χ2v) is 11.0. The number of nitrogens with two attached hydrogens (primary N) is 1. The highest BCUT2D eigenvalue weighted by Crippen LogP contribution is 2.62. The van der Waals surface area contributed by atoms with Gasteiger partial charge in [-0.05, 0) is 81.4 Å². The highest BCUT2D eigenvalue weighted by molar-refractivity contribution is 5.94. The van der Waals surface area contributed by atoms with Crippen LogP contribution in [0.1, 0.15) is 54.9 Å². The molecular formula is C25H29FN6O3. The van der Waals surface area contributed by atoms with E-state index in [2.05, 4.69) is 10.3 Å². The maximum absolute atomic E-state index is 14.4. The van der Waals surface area contributed by atoms with E-state index >= 15 is 0 Å². The molecule has 4 N–H and O–H groups in total. The molecule has 184 valence electrons. The first-order valence-electron chi connectivity index (χ1n) is 12.0. The summed E-state index contributed by atoms with van der Waals surface area (Å²) in [5, 5.41) is 14.2. The summed E-state index contributed by atoms with van der Waals surface area (Å²) in [4.78, 5) is 34.1. The minimum absolute atomic E-state index is 0.138. The van der Waals surface area contributed by atoms with Gasteiger partial charge in [0.15, 0.2) is 5.65 Å². The smallest absolute Gasteiger partial charge is 0.330 e. The molecule has 35 heavy (non-hydrogen) atoms. The third-order valence-corrected chi connectivity index (χ3v) is 8.91. The van der Waals surface area contributed by atoms with Crippen LogP contribution in [-0.4, -0.2) is 35.7 Å². The first kappa shape index (κ1) is 22.2. The lowest BCUT2D eigenvalue weighted by atomic mass is 9.47. The summed E-state index contributed by atoms with van der Waals surface area (Å²) in [5.74, 6) is -0.539. The maximum Gasteiger partial charge on any atom is 0.330 e. The lowest BCUT2D eigenvalue weighted by Gasteiger charge is -2.62. The van der Waals surface area contributed by atoms with Gasteiger partial charge in [-0.1, -0.05) is 0 Å². The Balaban J connectivity index is 1.44. The number of fused-ring (bicyclic) bond motifs is 1. The zero-order valence-electron chi connectivity index (χ0n) is 20.0. The molecule has 0 saturated heterocycles. The molecule has 2 aromatic heterocycles. The van der Waals surface area contributed by atoms with Crippen LogP contribution in [0.25, 0.3) is 11.2 Å². The largest absolute Gasteiger partial charge is 0.390 e. The van der Waals surface area contributed by atoms with Gasteiger partial charge in [-0.3, -0.25) is 13.9 Å². The number of imidazole rings is 1. The van der Waals surface area contributed by atoms with Crippen molar-refractivity contribution in [2.75, 3.05) is 5.32 Å². The van der Waals surface area contributed by atoms with Crippen molar-refractivity contribution < 1.29 is 14.3 Å². The van der Waals surface area contributed by atoms with Crippen LogP contribution in [0, 0.1) is 30.5 Å². The van der Waals surface area contributed by atoms with Crippen LogP contribution in [0.5, 0.6) is 0 Å². The number of aryl methyl sites for hydroxylation is 2. The molecule has 4 aliphatic rings. The molecule has 4 aliphatic carbocycles. The molecule has 0 aliphatic heterocycles. The van der Waals surface area contributed by atoms with Crippen molar-refractivity contribution in [3.63, 3.8) is 0 Å². The molecule has 4 fully saturated rings. The molecule has 7 rings (SSSR count).